The number of carbonyl (C=O) groups excluding carboxylic acids is 2. The maximum atomic E-state index is 13.1. The minimum atomic E-state index is -0.661. The highest BCUT2D eigenvalue weighted by atomic mass is 16.5. The van der Waals surface area contributed by atoms with Crippen molar-refractivity contribution in [3.05, 3.63) is 101 Å². The Morgan fingerprint density at radius 2 is 1.73 bits per heavy atom. The Morgan fingerprint density at radius 1 is 1.03 bits per heavy atom. The van der Waals surface area contributed by atoms with Crippen molar-refractivity contribution in [2.24, 2.45) is 7.05 Å². The second-order valence-electron chi connectivity index (χ2n) is 8.36. The standard InChI is InChI=1S/C29H25N3O5/c1-18-23(14-26(32(18)2)24-15-27(33)20(16-30)13-25(24)29(35)36-3)28(34)31-21-9-11-22(12-10-21)37-17-19-7-5-4-6-8-19/h4-15,33H,17H2,1-3H3,(H,31,34). The van der Waals surface area contributed by atoms with Gasteiger partial charge in [0, 0.05) is 29.7 Å². The summed E-state index contributed by atoms with van der Waals surface area (Å²) >= 11 is 0. The zero-order chi connectivity index (χ0) is 26.5. The van der Waals surface area contributed by atoms with Crippen LogP contribution in [0.2, 0.25) is 0 Å². The summed E-state index contributed by atoms with van der Waals surface area (Å²) in [6.07, 6.45) is 0. The van der Waals surface area contributed by atoms with Crippen LogP contribution >= 0.6 is 0 Å². The average Bonchev–Trinajstić information content (AvgIpc) is 3.22. The maximum absolute atomic E-state index is 13.1. The van der Waals surface area contributed by atoms with Gasteiger partial charge >= 0.3 is 5.97 Å². The van der Waals surface area contributed by atoms with E-state index in [1.807, 2.05) is 36.4 Å². The molecule has 8 heteroatoms. The Kier molecular flexibility index (Phi) is 7.26. The number of hydrogen-bond acceptors (Lipinski definition) is 6. The molecule has 0 fully saturated rings. The Morgan fingerprint density at radius 3 is 2.38 bits per heavy atom. The molecule has 0 aliphatic rings. The van der Waals surface area contributed by atoms with Gasteiger partial charge < -0.3 is 24.5 Å². The maximum Gasteiger partial charge on any atom is 0.338 e. The van der Waals surface area contributed by atoms with Crippen LogP contribution in [0, 0.1) is 18.3 Å². The van der Waals surface area contributed by atoms with Gasteiger partial charge in [0.1, 0.15) is 24.2 Å². The molecule has 0 aliphatic carbocycles. The van der Waals surface area contributed by atoms with E-state index in [9.17, 15) is 20.0 Å². The van der Waals surface area contributed by atoms with E-state index in [-0.39, 0.29) is 22.8 Å². The summed E-state index contributed by atoms with van der Waals surface area (Å²) < 4.78 is 12.4. The molecule has 1 heterocycles. The lowest BCUT2D eigenvalue weighted by Crippen LogP contribution is -2.12. The van der Waals surface area contributed by atoms with Crippen LogP contribution in [0.3, 0.4) is 0 Å². The number of hydrogen-bond donors (Lipinski definition) is 2. The number of benzene rings is 3. The summed E-state index contributed by atoms with van der Waals surface area (Å²) in [7, 11) is 2.98. The van der Waals surface area contributed by atoms with Crippen molar-refractivity contribution < 1.29 is 24.2 Å². The predicted octanol–water partition coefficient (Wildman–Crippen LogP) is 5.20. The number of nitriles is 1. The minimum absolute atomic E-state index is 0.0516. The quantitative estimate of drug-likeness (QED) is 0.341. The molecule has 4 aromatic rings. The fourth-order valence-corrected chi connectivity index (χ4v) is 3.93. The first-order valence-corrected chi connectivity index (χ1v) is 11.4. The number of phenols is 1. The number of nitrogens with zero attached hydrogens (tertiary/aromatic N) is 2. The van der Waals surface area contributed by atoms with Crippen molar-refractivity contribution in [1.29, 1.82) is 5.26 Å². The van der Waals surface area contributed by atoms with Crippen molar-refractivity contribution in [2.45, 2.75) is 13.5 Å². The zero-order valence-electron chi connectivity index (χ0n) is 20.6. The molecule has 0 saturated heterocycles. The number of carbonyl (C=O) groups is 2. The average molecular weight is 496 g/mol. The normalized spacial score (nSPS) is 10.4. The first kappa shape index (κ1) is 25.1. The molecule has 0 atom stereocenters. The van der Waals surface area contributed by atoms with E-state index in [1.165, 1.54) is 19.2 Å². The number of nitrogens with one attached hydrogen (secondary N) is 1. The Balaban J connectivity index is 1.56. The van der Waals surface area contributed by atoms with Gasteiger partial charge in [-0.25, -0.2) is 4.79 Å². The van der Waals surface area contributed by atoms with Crippen LogP contribution < -0.4 is 10.1 Å². The molecule has 1 amide bonds. The minimum Gasteiger partial charge on any atom is -0.507 e. The Bertz CT molecular complexity index is 1500. The van der Waals surface area contributed by atoms with Gasteiger partial charge in [0.15, 0.2) is 0 Å². The smallest absolute Gasteiger partial charge is 0.338 e. The van der Waals surface area contributed by atoms with Gasteiger partial charge in [-0.3, -0.25) is 4.79 Å². The van der Waals surface area contributed by atoms with E-state index in [0.717, 1.165) is 5.56 Å². The predicted molar refractivity (Wildman–Crippen MR) is 138 cm³/mol. The molecule has 8 nitrogen and oxygen atoms in total. The van der Waals surface area contributed by atoms with Crippen LogP contribution in [0.1, 0.15) is 37.5 Å². The molecule has 1 aromatic heterocycles. The Hall–Kier alpha value is -5.03. The molecule has 0 radical (unpaired) electrons. The molecule has 2 N–H and O–H groups in total. The summed E-state index contributed by atoms with van der Waals surface area (Å²) in [5.41, 5.74) is 3.59. The molecule has 0 unspecified atom stereocenters. The van der Waals surface area contributed by atoms with Crippen LogP contribution in [0.5, 0.6) is 11.5 Å². The first-order chi connectivity index (χ1) is 17.8. The number of anilines is 1. The highest BCUT2D eigenvalue weighted by molar-refractivity contribution is 6.06. The van der Waals surface area contributed by atoms with Gasteiger partial charge in [-0.15, -0.1) is 0 Å². The lowest BCUT2D eigenvalue weighted by Gasteiger charge is -2.11. The summed E-state index contributed by atoms with van der Waals surface area (Å²) in [4.78, 5) is 25.5. The topological polar surface area (TPSA) is 114 Å². The first-order valence-electron chi connectivity index (χ1n) is 11.4. The summed E-state index contributed by atoms with van der Waals surface area (Å²) in [5.74, 6) is -0.596. The van der Waals surface area contributed by atoms with Gasteiger partial charge in [-0.1, -0.05) is 30.3 Å². The van der Waals surface area contributed by atoms with Gasteiger partial charge in [0.2, 0.25) is 0 Å². The molecule has 0 aliphatic heterocycles. The third kappa shape index (κ3) is 5.31. The summed E-state index contributed by atoms with van der Waals surface area (Å²) in [6.45, 7) is 2.22. The Labute approximate surface area is 214 Å². The van der Waals surface area contributed by atoms with E-state index in [1.54, 1.807) is 48.9 Å². The van der Waals surface area contributed by atoms with Gasteiger partial charge in [-0.05, 0) is 55.0 Å². The van der Waals surface area contributed by atoms with Crippen LogP contribution in [0.4, 0.5) is 5.69 Å². The second-order valence-corrected chi connectivity index (χ2v) is 8.36. The molecule has 0 bridgehead atoms. The number of aromatic nitrogens is 1. The van der Waals surface area contributed by atoms with Crippen LogP contribution in [-0.4, -0.2) is 28.7 Å². The number of rotatable bonds is 7. The van der Waals surface area contributed by atoms with Crippen molar-refractivity contribution >= 4 is 17.6 Å². The summed E-state index contributed by atoms with van der Waals surface area (Å²) in [5, 5.41) is 22.4. The SMILES string of the molecule is COC(=O)c1cc(C#N)c(O)cc1-c1cc(C(=O)Nc2ccc(OCc3ccccc3)cc2)c(C)n1C. The molecular formula is C29H25N3O5. The lowest BCUT2D eigenvalue weighted by atomic mass is 10.00. The third-order valence-electron chi connectivity index (χ3n) is 6.08. The number of methoxy groups -OCH3 is 1. The van der Waals surface area contributed by atoms with Crippen molar-refractivity contribution in [2.75, 3.05) is 12.4 Å². The molecule has 3 aromatic carbocycles. The fourth-order valence-electron chi connectivity index (χ4n) is 3.93. The second kappa shape index (κ2) is 10.7. The fraction of sp³-hybridized carbons (Fsp3) is 0.138. The van der Waals surface area contributed by atoms with Gasteiger partial charge in [0.25, 0.3) is 5.91 Å². The third-order valence-corrected chi connectivity index (χ3v) is 6.08. The van der Waals surface area contributed by atoms with Gasteiger partial charge in [0.05, 0.1) is 23.8 Å². The van der Waals surface area contributed by atoms with E-state index >= 15 is 0 Å². The molecule has 37 heavy (non-hydrogen) atoms. The zero-order valence-corrected chi connectivity index (χ0v) is 20.6. The van der Waals surface area contributed by atoms with Crippen LogP contribution in [0.25, 0.3) is 11.3 Å². The molecule has 0 spiro atoms. The number of esters is 1. The highest BCUT2D eigenvalue weighted by Gasteiger charge is 2.23. The molecular weight excluding hydrogens is 470 g/mol. The van der Waals surface area contributed by atoms with E-state index in [0.29, 0.717) is 40.6 Å². The highest BCUT2D eigenvalue weighted by Crippen LogP contribution is 2.33. The number of amides is 1. The molecule has 186 valence electrons. The number of aromatic hydroxyl groups is 1. The van der Waals surface area contributed by atoms with Crippen LogP contribution in [-0.2, 0) is 18.4 Å². The summed E-state index contributed by atoms with van der Waals surface area (Å²) in [6, 6.07) is 23.0. The van der Waals surface area contributed by atoms with Crippen LogP contribution in [0.15, 0.2) is 72.8 Å². The number of phenolic OH excluding ortho intramolecular Hbond substituents is 1. The van der Waals surface area contributed by atoms with Crippen molar-refractivity contribution in [3.63, 3.8) is 0 Å². The van der Waals surface area contributed by atoms with E-state index in [4.69, 9.17) is 9.47 Å². The van der Waals surface area contributed by atoms with Gasteiger partial charge in [-0.2, -0.15) is 5.26 Å². The van der Waals surface area contributed by atoms with E-state index in [2.05, 4.69) is 5.32 Å². The van der Waals surface area contributed by atoms with Crippen molar-refractivity contribution in [1.82, 2.24) is 4.57 Å². The molecule has 4 rings (SSSR count). The molecule has 0 saturated carbocycles. The number of ether oxygens (including phenoxy) is 2. The monoisotopic (exact) mass is 495 g/mol. The lowest BCUT2D eigenvalue weighted by molar-refractivity contribution is 0.0601. The van der Waals surface area contributed by atoms with E-state index < -0.39 is 5.97 Å². The largest absolute Gasteiger partial charge is 0.507 e. The van der Waals surface area contributed by atoms with Crippen molar-refractivity contribution in [3.8, 4) is 28.8 Å².